The minimum Gasteiger partial charge on any atom is -0.387 e. The minimum atomic E-state index is 0.461. The number of hydrogen-bond donors (Lipinski definition) is 1. The van der Waals surface area contributed by atoms with Crippen molar-refractivity contribution < 1.29 is 0 Å². The van der Waals surface area contributed by atoms with Gasteiger partial charge in [-0.2, -0.15) is 0 Å². The molecule has 0 aliphatic carbocycles. The molecule has 19 heavy (non-hydrogen) atoms. The average Bonchev–Trinajstić information content (AvgIpc) is 2.35. The molecule has 0 spiro atoms. The summed E-state index contributed by atoms with van der Waals surface area (Å²) in [5.74, 6) is 0.461. The van der Waals surface area contributed by atoms with Crippen LogP contribution in [0.5, 0.6) is 0 Å². The van der Waals surface area contributed by atoms with Crippen LogP contribution in [0.1, 0.15) is 31.0 Å². The Labute approximate surface area is 115 Å². The number of hydrogen-bond acceptors (Lipinski definition) is 3. The molecule has 2 aromatic rings. The van der Waals surface area contributed by atoms with E-state index in [4.69, 9.17) is 4.98 Å². The van der Waals surface area contributed by atoms with Crippen molar-refractivity contribution in [3.8, 4) is 0 Å². The van der Waals surface area contributed by atoms with Crippen LogP contribution < -0.4 is 10.2 Å². The van der Waals surface area contributed by atoms with E-state index in [0.717, 1.165) is 11.2 Å². The number of rotatable bonds is 3. The molecule has 0 saturated carbocycles. The van der Waals surface area contributed by atoms with Crippen LogP contribution in [0.25, 0.3) is 10.9 Å². The second-order valence-corrected chi connectivity index (χ2v) is 5.49. The molecule has 1 aromatic carbocycles. The number of anilines is 2. The smallest absolute Gasteiger partial charge is 0.0727 e. The molecule has 0 amide bonds. The third-order valence-electron chi connectivity index (χ3n) is 3.54. The highest BCUT2D eigenvalue weighted by Crippen LogP contribution is 2.34. The maximum absolute atomic E-state index is 4.75. The summed E-state index contributed by atoms with van der Waals surface area (Å²) in [6.45, 7) is 6.52. The molecule has 0 aliphatic rings. The van der Waals surface area contributed by atoms with Gasteiger partial charge in [0.15, 0.2) is 0 Å². The molecule has 0 unspecified atom stereocenters. The molecule has 1 N–H and O–H groups in total. The van der Waals surface area contributed by atoms with Crippen molar-refractivity contribution in [2.75, 3.05) is 31.4 Å². The Kier molecular flexibility index (Phi) is 3.65. The first-order valence-corrected chi connectivity index (χ1v) is 6.75. The summed E-state index contributed by atoms with van der Waals surface area (Å²) in [6, 6.07) is 6.42. The van der Waals surface area contributed by atoms with Crippen LogP contribution in [0.4, 0.5) is 11.4 Å². The summed E-state index contributed by atoms with van der Waals surface area (Å²) < 4.78 is 0. The van der Waals surface area contributed by atoms with Gasteiger partial charge in [0.25, 0.3) is 0 Å². The van der Waals surface area contributed by atoms with E-state index >= 15 is 0 Å². The number of aryl methyl sites for hydroxylation is 1. The normalized spacial score (nSPS) is 11.1. The summed E-state index contributed by atoms with van der Waals surface area (Å²) in [6.07, 6.45) is 0. The molecule has 0 saturated heterocycles. The van der Waals surface area contributed by atoms with Crippen molar-refractivity contribution >= 4 is 22.3 Å². The van der Waals surface area contributed by atoms with E-state index in [1.165, 1.54) is 22.3 Å². The number of aromatic nitrogens is 1. The summed E-state index contributed by atoms with van der Waals surface area (Å²) >= 11 is 0. The van der Waals surface area contributed by atoms with Crippen molar-refractivity contribution in [1.82, 2.24) is 4.98 Å². The van der Waals surface area contributed by atoms with Crippen LogP contribution in [-0.2, 0) is 0 Å². The molecule has 0 atom stereocenters. The first-order valence-electron chi connectivity index (χ1n) is 6.75. The highest BCUT2D eigenvalue weighted by molar-refractivity contribution is 5.95. The molecule has 1 aromatic heterocycles. The van der Waals surface area contributed by atoms with Gasteiger partial charge in [-0.15, -0.1) is 0 Å². The van der Waals surface area contributed by atoms with Gasteiger partial charge in [0.05, 0.1) is 5.52 Å². The summed E-state index contributed by atoms with van der Waals surface area (Å²) in [5, 5.41) is 4.57. The van der Waals surface area contributed by atoms with Gasteiger partial charge in [0, 0.05) is 43.6 Å². The van der Waals surface area contributed by atoms with Crippen molar-refractivity contribution in [2.45, 2.75) is 26.7 Å². The fourth-order valence-electron chi connectivity index (χ4n) is 2.64. The van der Waals surface area contributed by atoms with E-state index in [1.807, 2.05) is 7.05 Å². The minimum absolute atomic E-state index is 0.461. The van der Waals surface area contributed by atoms with Crippen molar-refractivity contribution in [1.29, 1.82) is 0 Å². The third-order valence-corrected chi connectivity index (χ3v) is 3.54. The lowest BCUT2D eigenvalue weighted by Crippen LogP contribution is -2.09. The fraction of sp³-hybridized carbons (Fsp3) is 0.438. The quantitative estimate of drug-likeness (QED) is 0.907. The molecule has 0 radical (unpaired) electrons. The highest BCUT2D eigenvalue weighted by atomic mass is 15.1. The molecule has 0 fully saturated rings. The Morgan fingerprint density at radius 2 is 1.89 bits per heavy atom. The van der Waals surface area contributed by atoms with Crippen LogP contribution in [0.3, 0.4) is 0 Å². The van der Waals surface area contributed by atoms with Gasteiger partial charge in [-0.05, 0) is 36.6 Å². The van der Waals surface area contributed by atoms with Crippen molar-refractivity contribution in [3.05, 3.63) is 29.5 Å². The topological polar surface area (TPSA) is 28.2 Å². The van der Waals surface area contributed by atoms with Gasteiger partial charge in [-0.3, -0.25) is 4.98 Å². The number of nitrogens with one attached hydrogen (secondary N) is 1. The SMILES string of the molecule is CNc1c(C(C)C)c(C)nc2ccc(N(C)C)cc12. The molecule has 0 bridgehead atoms. The second kappa shape index (κ2) is 5.08. The van der Waals surface area contributed by atoms with Gasteiger partial charge < -0.3 is 10.2 Å². The first-order chi connectivity index (χ1) is 8.95. The zero-order valence-corrected chi connectivity index (χ0v) is 12.7. The third kappa shape index (κ3) is 2.37. The molecule has 1 heterocycles. The number of fused-ring (bicyclic) bond motifs is 1. The summed E-state index contributed by atoms with van der Waals surface area (Å²) in [4.78, 5) is 6.87. The fourth-order valence-corrected chi connectivity index (χ4v) is 2.64. The van der Waals surface area contributed by atoms with Crippen LogP contribution in [0.15, 0.2) is 18.2 Å². The molecular weight excluding hydrogens is 234 g/mol. The van der Waals surface area contributed by atoms with E-state index in [9.17, 15) is 0 Å². The Bertz CT molecular complexity index is 600. The molecule has 0 aliphatic heterocycles. The van der Waals surface area contributed by atoms with E-state index in [1.54, 1.807) is 0 Å². The Balaban J connectivity index is 2.81. The monoisotopic (exact) mass is 257 g/mol. The van der Waals surface area contributed by atoms with Gasteiger partial charge in [0.1, 0.15) is 0 Å². The van der Waals surface area contributed by atoms with E-state index in [0.29, 0.717) is 5.92 Å². The predicted octanol–water partition coefficient (Wildman–Crippen LogP) is 3.77. The van der Waals surface area contributed by atoms with Crippen LogP contribution in [-0.4, -0.2) is 26.1 Å². The standard InChI is InChI=1S/C16H23N3/c1-10(2)15-11(3)18-14-8-7-12(19(5)6)9-13(14)16(15)17-4/h7-10H,1-6H3,(H,17,18). The average molecular weight is 257 g/mol. The number of pyridine rings is 1. The maximum atomic E-state index is 4.75. The van der Waals surface area contributed by atoms with Crippen LogP contribution >= 0.6 is 0 Å². The first kappa shape index (κ1) is 13.7. The number of benzene rings is 1. The highest BCUT2D eigenvalue weighted by Gasteiger charge is 2.15. The second-order valence-electron chi connectivity index (χ2n) is 5.49. The lowest BCUT2D eigenvalue weighted by atomic mass is 9.96. The van der Waals surface area contributed by atoms with E-state index in [-0.39, 0.29) is 0 Å². The molecule has 3 heteroatoms. The predicted molar refractivity (Wildman–Crippen MR) is 84.4 cm³/mol. The van der Waals surface area contributed by atoms with Crippen LogP contribution in [0, 0.1) is 6.92 Å². The summed E-state index contributed by atoms with van der Waals surface area (Å²) in [5.41, 5.74) is 5.89. The zero-order chi connectivity index (χ0) is 14.2. The molecular formula is C16H23N3. The Morgan fingerprint density at radius 3 is 2.42 bits per heavy atom. The van der Waals surface area contributed by atoms with E-state index in [2.05, 4.69) is 63.3 Å². The van der Waals surface area contributed by atoms with Crippen LogP contribution in [0.2, 0.25) is 0 Å². The van der Waals surface area contributed by atoms with Gasteiger partial charge in [0.2, 0.25) is 0 Å². The van der Waals surface area contributed by atoms with Gasteiger partial charge >= 0.3 is 0 Å². The van der Waals surface area contributed by atoms with E-state index < -0.39 is 0 Å². The summed E-state index contributed by atoms with van der Waals surface area (Å²) in [7, 11) is 6.11. The number of nitrogens with zero attached hydrogens (tertiary/aromatic N) is 2. The lowest BCUT2D eigenvalue weighted by Gasteiger charge is -2.19. The largest absolute Gasteiger partial charge is 0.387 e. The lowest BCUT2D eigenvalue weighted by molar-refractivity contribution is 0.849. The zero-order valence-electron chi connectivity index (χ0n) is 12.7. The molecule has 102 valence electrons. The Morgan fingerprint density at radius 1 is 1.21 bits per heavy atom. The van der Waals surface area contributed by atoms with Gasteiger partial charge in [-0.25, -0.2) is 0 Å². The van der Waals surface area contributed by atoms with Crippen molar-refractivity contribution in [2.24, 2.45) is 0 Å². The Hall–Kier alpha value is -1.77. The molecule has 3 nitrogen and oxygen atoms in total. The van der Waals surface area contributed by atoms with Gasteiger partial charge in [-0.1, -0.05) is 13.8 Å². The van der Waals surface area contributed by atoms with Crippen molar-refractivity contribution in [3.63, 3.8) is 0 Å². The molecule has 2 rings (SSSR count). The maximum Gasteiger partial charge on any atom is 0.0727 e.